The van der Waals surface area contributed by atoms with E-state index in [4.69, 9.17) is 4.74 Å². The molecule has 2 N–H and O–H groups in total. The number of ketones is 1. The summed E-state index contributed by atoms with van der Waals surface area (Å²) < 4.78 is 6.48. The average molecular weight is 532 g/mol. The van der Waals surface area contributed by atoms with Gasteiger partial charge in [-0.1, -0.05) is 18.2 Å². The summed E-state index contributed by atoms with van der Waals surface area (Å²) in [6, 6.07) is 9.98. The zero-order valence-electron chi connectivity index (χ0n) is 22.1. The molecule has 5 aliphatic rings. The van der Waals surface area contributed by atoms with Crippen LogP contribution in [0.2, 0.25) is 0 Å². The van der Waals surface area contributed by atoms with E-state index >= 15 is 0 Å². The third kappa shape index (κ3) is 3.28. The first-order chi connectivity index (χ1) is 18.7. The van der Waals surface area contributed by atoms with E-state index in [2.05, 4.69) is 10.2 Å². The first-order valence-corrected chi connectivity index (χ1v) is 14.0. The number of nitro benzene ring substituents is 1. The molecule has 39 heavy (non-hydrogen) atoms. The van der Waals surface area contributed by atoms with Crippen LogP contribution in [0.4, 0.5) is 5.69 Å². The highest BCUT2D eigenvalue weighted by Crippen LogP contribution is 2.68. The number of hydrogen-bond donors (Lipinski definition) is 2. The van der Waals surface area contributed by atoms with E-state index < -0.39 is 21.5 Å². The number of phenols is 1. The number of amides is 1. The molecule has 9 heteroatoms. The van der Waals surface area contributed by atoms with Crippen LogP contribution in [0.15, 0.2) is 36.4 Å². The Labute approximate surface area is 226 Å². The fourth-order valence-electron chi connectivity index (χ4n) is 8.37. The number of rotatable bonds is 7. The lowest BCUT2D eigenvalue weighted by atomic mass is 9.43. The quantitative estimate of drug-likeness (QED) is 0.414. The van der Waals surface area contributed by atoms with Crippen LogP contribution in [-0.4, -0.2) is 56.9 Å². The summed E-state index contributed by atoms with van der Waals surface area (Å²) >= 11 is 0. The van der Waals surface area contributed by atoms with Gasteiger partial charge in [-0.15, -0.1) is 0 Å². The summed E-state index contributed by atoms with van der Waals surface area (Å²) in [4.78, 5) is 40.5. The van der Waals surface area contributed by atoms with Crippen molar-refractivity contribution in [2.24, 2.45) is 5.92 Å². The molecule has 3 aliphatic carbocycles. The molecule has 1 saturated heterocycles. The highest BCUT2D eigenvalue weighted by Gasteiger charge is 2.78. The summed E-state index contributed by atoms with van der Waals surface area (Å²) in [5, 5.41) is 25.4. The van der Waals surface area contributed by atoms with Crippen molar-refractivity contribution < 1.29 is 24.4 Å². The van der Waals surface area contributed by atoms with E-state index in [1.54, 1.807) is 18.2 Å². The molecule has 2 aliphatic heterocycles. The lowest BCUT2D eigenvalue weighted by Gasteiger charge is -2.67. The van der Waals surface area contributed by atoms with Gasteiger partial charge in [-0.05, 0) is 75.1 Å². The van der Waals surface area contributed by atoms with Crippen molar-refractivity contribution in [3.8, 4) is 11.5 Å². The fourth-order valence-corrected chi connectivity index (χ4v) is 8.37. The molecule has 9 nitrogen and oxygen atoms in total. The third-order valence-electron chi connectivity index (χ3n) is 10.3. The number of ether oxygens (including phenoxy) is 1. The maximum atomic E-state index is 13.8. The number of aryl methyl sites for hydroxylation is 1. The Morgan fingerprint density at radius 1 is 1.21 bits per heavy atom. The molecule has 4 atom stereocenters. The van der Waals surface area contributed by atoms with Crippen molar-refractivity contribution in [2.75, 3.05) is 13.1 Å². The second kappa shape index (κ2) is 8.27. The molecular weight excluding hydrogens is 498 g/mol. The number of aromatic hydroxyl groups is 1. The minimum Gasteiger partial charge on any atom is -0.504 e. The Morgan fingerprint density at radius 2 is 1.97 bits per heavy atom. The van der Waals surface area contributed by atoms with E-state index in [-0.39, 0.29) is 35.6 Å². The number of nitro groups is 1. The molecule has 1 amide bonds. The summed E-state index contributed by atoms with van der Waals surface area (Å²) in [5.41, 5.74) is 0.259. The second-order valence-corrected chi connectivity index (χ2v) is 12.3. The van der Waals surface area contributed by atoms with Crippen molar-refractivity contribution in [1.29, 1.82) is 0 Å². The van der Waals surface area contributed by atoms with Gasteiger partial charge in [0.15, 0.2) is 22.9 Å². The van der Waals surface area contributed by atoms with E-state index in [9.17, 15) is 24.8 Å². The Balaban J connectivity index is 1.27. The lowest BCUT2D eigenvalue weighted by molar-refractivity contribution is -0.384. The zero-order chi connectivity index (χ0) is 27.2. The number of nitrogens with zero attached hydrogens (tertiary/aromatic N) is 2. The topological polar surface area (TPSA) is 122 Å². The van der Waals surface area contributed by atoms with Gasteiger partial charge >= 0.3 is 0 Å². The number of carbonyl (C=O) groups excluding carboxylic acids is 2. The maximum Gasteiger partial charge on any atom is 0.269 e. The van der Waals surface area contributed by atoms with Crippen LogP contribution in [-0.2, 0) is 27.8 Å². The van der Waals surface area contributed by atoms with Gasteiger partial charge in [0.2, 0.25) is 5.91 Å². The zero-order valence-corrected chi connectivity index (χ0v) is 22.1. The van der Waals surface area contributed by atoms with E-state index in [1.165, 1.54) is 25.0 Å². The molecular formula is C30H33N3O6. The first-order valence-electron chi connectivity index (χ1n) is 14.0. The third-order valence-corrected chi connectivity index (χ3v) is 10.3. The highest BCUT2D eigenvalue weighted by atomic mass is 16.6. The van der Waals surface area contributed by atoms with Gasteiger partial charge in [-0.3, -0.25) is 24.6 Å². The first kappa shape index (κ1) is 24.6. The fraction of sp³-hybridized carbons (Fsp3) is 0.533. The number of phenolic OH excluding ortho intramolecular Hbond substituents is 1. The van der Waals surface area contributed by atoms with Crippen molar-refractivity contribution in [1.82, 2.24) is 10.2 Å². The summed E-state index contributed by atoms with van der Waals surface area (Å²) in [5.74, 6) is 1.06. The van der Waals surface area contributed by atoms with Crippen LogP contribution in [0.3, 0.4) is 0 Å². The van der Waals surface area contributed by atoms with Crippen LogP contribution >= 0.6 is 0 Å². The number of piperidine rings is 1. The molecule has 7 rings (SSSR count). The lowest BCUT2D eigenvalue weighted by Crippen LogP contribution is -2.84. The smallest absolute Gasteiger partial charge is 0.269 e. The largest absolute Gasteiger partial charge is 0.504 e. The van der Waals surface area contributed by atoms with Gasteiger partial charge in [0.25, 0.3) is 5.69 Å². The van der Waals surface area contributed by atoms with Crippen LogP contribution in [0.25, 0.3) is 0 Å². The van der Waals surface area contributed by atoms with Crippen LogP contribution in [0.5, 0.6) is 11.5 Å². The Bertz CT molecular complexity index is 1400. The van der Waals surface area contributed by atoms with Crippen LogP contribution < -0.4 is 10.1 Å². The van der Waals surface area contributed by atoms with E-state index in [1.807, 2.05) is 13.0 Å². The minimum atomic E-state index is -1.17. The maximum absolute atomic E-state index is 13.8. The van der Waals surface area contributed by atoms with Crippen molar-refractivity contribution in [2.45, 2.75) is 80.9 Å². The molecule has 2 bridgehead atoms. The van der Waals surface area contributed by atoms with Crippen LogP contribution in [0, 0.1) is 16.0 Å². The normalized spacial score (nSPS) is 32.3. The number of nitrogens with one attached hydrogen (secondary N) is 1. The van der Waals surface area contributed by atoms with Crippen molar-refractivity contribution in [3.05, 3.63) is 63.2 Å². The molecule has 204 valence electrons. The molecule has 1 spiro atoms. The SMILES string of the molecule is C[C@@]12Oc3c(O)ccc4c3C13CCN(CC1CC1)C(C4)[C@]3(NC(=O)CCc1ccc([N+](=O)[O-])cc1)CCC2=O. The van der Waals surface area contributed by atoms with Gasteiger partial charge in [0.05, 0.1) is 15.9 Å². The molecule has 2 unspecified atom stereocenters. The average Bonchev–Trinajstić information content (AvgIpc) is 3.68. The van der Waals surface area contributed by atoms with Gasteiger partial charge in [-0.2, -0.15) is 0 Å². The van der Waals surface area contributed by atoms with Crippen LogP contribution in [0.1, 0.15) is 62.1 Å². The van der Waals surface area contributed by atoms with Gasteiger partial charge in [0.1, 0.15) is 0 Å². The molecule has 2 aromatic rings. The minimum absolute atomic E-state index is 0.0224. The van der Waals surface area contributed by atoms with Crippen molar-refractivity contribution >= 4 is 17.4 Å². The molecule has 3 fully saturated rings. The standard InChI is InChI=1S/C30H33N3O6/c1-28-24(35)12-13-30(31-25(36)11-6-18-4-8-21(9-5-18)33(37)38)23-16-20-7-10-22(34)27(39-28)26(20)29(28,30)14-15-32(23)17-19-2-3-19/h4-5,7-10,19,23,34H,2-3,6,11-17H2,1H3,(H,31,36)/t23?,28-,29?,30+/m0/s1. The summed E-state index contributed by atoms with van der Waals surface area (Å²) in [7, 11) is 0. The number of Topliss-reactive ketones (excluding diaryl/α,β-unsaturated/α-hetero) is 1. The molecule has 0 aromatic heterocycles. The van der Waals surface area contributed by atoms with E-state index in [0.717, 1.165) is 36.2 Å². The van der Waals surface area contributed by atoms with Crippen molar-refractivity contribution in [3.63, 3.8) is 0 Å². The molecule has 0 radical (unpaired) electrons. The number of benzene rings is 2. The Hall–Kier alpha value is -3.46. The van der Waals surface area contributed by atoms with Gasteiger partial charge in [0, 0.05) is 43.1 Å². The second-order valence-electron chi connectivity index (χ2n) is 12.3. The number of carbonyl (C=O) groups is 2. The van der Waals surface area contributed by atoms with Gasteiger partial charge in [-0.25, -0.2) is 0 Å². The highest BCUT2D eigenvalue weighted by molar-refractivity contribution is 5.95. The number of likely N-dealkylation sites (tertiary alicyclic amines) is 1. The summed E-state index contributed by atoms with van der Waals surface area (Å²) in [6.07, 6.45) is 5.40. The Morgan fingerprint density at radius 3 is 2.69 bits per heavy atom. The summed E-state index contributed by atoms with van der Waals surface area (Å²) in [6.45, 7) is 3.68. The Kier molecular flexibility index (Phi) is 5.21. The monoisotopic (exact) mass is 531 g/mol. The van der Waals surface area contributed by atoms with E-state index in [0.29, 0.717) is 37.4 Å². The predicted octanol–water partition coefficient (Wildman–Crippen LogP) is 3.58. The predicted molar refractivity (Wildman–Crippen MR) is 142 cm³/mol. The number of hydrogen-bond acceptors (Lipinski definition) is 7. The molecule has 2 heterocycles. The number of non-ortho nitro benzene ring substituents is 1. The van der Waals surface area contributed by atoms with Gasteiger partial charge < -0.3 is 15.2 Å². The molecule has 2 aromatic carbocycles. The molecule has 2 saturated carbocycles.